The van der Waals surface area contributed by atoms with Gasteiger partial charge in [0.25, 0.3) is 0 Å². The maximum atomic E-state index is 7.00. The fourth-order valence-corrected chi connectivity index (χ4v) is 1.36. The predicted octanol–water partition coefficient (Wildman–Crippen LogP) is 2.65. The molecule has 1 aliphatic carbocycles. The van der Waals surface area contributed by atoms with Crippen molar-refractivity contribution in [3.63, 3.8) is 0 Å². The minimum absolute atomic E-state index is 0.931. The van der Waals surface area contributed by atoms with Crippen LogP contribution in [-0.2, 0) is 4.74 Å². The second-order valence-electron chi connectivity index (χ2n) is 2.51. The second kappa shape index (κ2) is 7.87. The molecule has 0 spiro atoms. The van der Waals surface area contributed by atoms with Gasteiger partial charge in [0.15, 0.2) is 0 Å². The molecular formula is C11H20O2. The molecule has 0 bridgehead atoms. The number of aliphatic hydroxyl groups is 1. The quantitative estimate of drug-likeness (QED) is 0.627. The topological polar surface area (TPSA) is 29.5 Å². The molecule has 76 valence electrons. The van der Waals surface area contributed by atoms with Gasteiger partial charge in [-0.1, -0.05) is 26.0 Å². The summed E-state index contributed by atoms with van der Waals surface area (Å²) in [4.78, 5) is 0. The minimum Gasteiger partial charge on any atom is -0.497 e. The molecule has 1 N–H and O–H groups in total. The van der Waals surface area contributed by atoms with Crippen LogP contribution in [0.5, 0.6) is 0 Å². The summed E-state index contributed by atoms with van der Waals surface area (Å²) < 4.78 is 5.42. The summed E-state index contributed by atoms with van der Waals surface area (Å²) in [6, 6.07) is 0. The number of ether oxygens (including phenoxy) is 1. The van der Waals surface area contributed by atoms with Crippen LogP contribution in [0.4, 0.5) is 0 Å². The Bertz CT molecular complexity index is 181. The third-order valence-electron chi connectivity index (χ3n) is 1.85. The Hall–Kier alpha value is -0.760. The minimum atomic E-state index is 0.931. The Morgan fingerprint density at radius 3 is 2.62 bits per heavy atom. The van der Waals surface area contributed by atoms with Crippen LogP contribution in [-0.4, -0.2) is 18.8 Å². The molecular weight excluding hydrogens is 164 g/mol. The van der Waals surface area contributed by atoms with Gasteiger partial charge in [0.1, 0.15) is 5.76 Å². The van der Waals surface area contributed by atoms with Crippen molar-refractivity contribution in [2.45, 2.75) is 33.1 Å². The summed E-state index contributed by atoms with van der Waals surface area (Å²) in [5.41, 5.74) is 1.43. The van der Waals surface area contributed by atoms with Gasteiger partial charge in [0.05, 0.1) is 6.61 Å². The van der Waals surface area contributed by atoms with E-state index in [2.05, 4.69) is 12.2 Å². The molecule has 0 aromatic carbocycles. The summed E-state index contributed by atoms with van der Waals surface area (Å²) in [5.74, 6) is 1.22. The predicted molar refractivity (Wildman–Crippen MR) is 55.5 cm³/mol. The number of hydrogen-bond donors (Lipinski definition) is 1. The highest BCUT2D eigenvalue weighted by Gasteiger charge is 2.13. The first-order valence-corrected chi connectivity index (χ1v) is 4.93. The van der Waals surface area contributed by atoms with E-state index >= 15 is 0 Å². The Morgan fingerprint density at radius 1 is 1.31 bits per heavy atom. The summed E-state index contributed by atoms with van der Waals surface area (Å²) in [7, 11) is 1.00. The summed E-state index contributed by atoms with van der Waals surface area (Å²) in [6.45, 7) is 4.93. The molecule has 2 nitrogen and oxygen atoms in total. The number of hydrogen-bond acceptors (Lipinski definition) is 2. The molecule has 0 amide bonds. The van der Waals surface area contributed by atoms with Crippen LogP contribution < -0.4 is 0 Å². The van der Waals surface area contributed by atoms with Crippen LogP contribution in [0.25, 0.3) is 0 Å². The van der Waals surface area contributed by atoms with Crippen molar-refractivity contribution >= 4 is 0 Å². The van der Waals surface area contributed by atoms with Crippen molar-refractivity contribution in [2.24, 2.45) is 0 Å². The van der Waals surface area contributed by atoms with Crippen molar-refractivity contribution in [3.8, 4) is 0 Å². The van der Waals surface area contributed by atoms with Gasteiger partial charge in [-0.3, -0.25) is 0 Å². The molecule has 0 radical (unpaired) electrons. The van der Waals surface area contributed by atoms with Crippen LogP contribution in [0.15, 0.2) is 23.5 Å². The molecule has 0 aromatic rings. The first-order valence-electron chi connectivity index (χ1n) is 4.93. The zero-order valence-corrected chi connectivity index (χ0v) is 8.84. The number of allylic oxidation sites excluding steroid dienone is 3. The SMILES string of the molecule is C1=CC2=C(C1)OCCC2.CC.CO. The van der Waals surface area contributed by atoms with Gasteiger partial charge < -0.3 is 9.84 Å². The van der Waals surface area contributed by atoms with Gasteiger partial charge in [-0.05, 0) is 18.4 Å². The van der Waals surface area contributed by atoms with E-state index < -0.39 is 0 Å². The molecule has 2 heteroatoms. The lowest BCUT2D eigenvalue weighted by atomic mass is 10.1. The van der Waals surface area contributed by atoms with Crippen LogP contribution in [0.2, 0.25) is 0 Å². The average Bonchev–Trinajstić information content (AvgIpc) is 2.71. The fraction of sp³-hybridized carbons (Fsp3) is 0.636. The molecule has 0 saturated heterocycles. The largest absolute Gasteiger partial charge is 0.497 e. The monoisotopic (exact) mass is 184 g/mol. The van der Waals surface area contributed by atoms with Gasteiger partial charge in [0.2, 0.25) is 0 Å². The van der Waals surface area contributed by atoms with E-state index in [4.69, 9.17) is 9.84 Å². The molecule has 1 aliphatic heterocycles. The lowest BCUT2D eigenvalue weighted by Crippen LogP contribution is -2.02. The van der Waals surface area contributed by atoms with E-state index in [9.17, 15) is 0 Å². The van der Waals surface area contributed by atoms with E-state index in [0.29, 0.717) is 0 Å². The lowest BCUT2D eigenvalue weighted by molar-refractivity contribution is 0.187. The maximum absolute atomic E-state index is 7.00. The highest BCUT2D eigenvalue weighted by atomic mass is 16.5. The lowest BCUT2D eigenvalue weighted by Gasteiger charge is -2.14. The van der Waals surface area contributed by atoms with Gasteiger partial charge in [-0.25, -0.2) is 0 Å². The normalized spacial score (nSPS) is 17.5. The Morgan fingerprint density at radius 2 is 2.00 bits per heavy atom. The van der Waals surface area contributed by atoms with Crippen LogP contribution in [0.3, 0.4) is 0 Å². The van der Waals surface area contributed by atoms with E-state index in [0.717, 1.165) is 20.1 Å². The van der Waals surface area contributed by atoms with E-state index in [1.807, 2.05) is 13.8 Å². The molecule has 0 saturated carbocycles. The van der Waals surface area contributed by atoms with Gasteiger partial charge >= 0.3 is 0 Å². The van der Waals surface area contributed by atoms with Gasteiger partial charge in [0, 0.05) is 13.5 Å². The van der Waals surface area contributed by atoms with Crippen molar-refractivity contribution in [1.82, 2.24) is 0 Å². The smallest absolute Gasteiger partial charge is 0.103 e. The van der Waals surface area contributed by atoms with E-state index in [1.54, 1.807) is 0 Å². The highest BCUT2D eigenvalue weighted by Crippen LogP contribution is 2.27. The maximum Gasteiger partial charge on any atom is 0.103 e. The summed E-state index contributed by atoms with van der Waals surface area (Å²) in [6.07, 6.45) is 7.83. The standard InChI is InChI=1S/C8H10O.C2H6.CH4O/c1-3-7-4-2-6-9-8(7)5-1;2*1-2/h1,3H,2,4-6H2;1-2H3;2H,1H3. The third kappa shape index (κ3) is 3.64. The van der Waals surface area contributed by atoms with Crippen molar-refractivity contribution in [2.75, 3.05) is 13.7 Å². The first kappa shape index (κ1) is 12.2. The van der Waals surface area contributed by atoms with Gasteiger partial charge in [-0.2, -0.15) is 0 Å². The van der Waals surface area contributed by atoms with E-state index in [1.165, 1.54) is 24.2 Å². The number of aliphatic hydroxyl groups excluding tert-OH is 1. The average molecular weight is 184 g/mol. The molecule has 1 heterocycles. The second-order valence-corrected chi connectivity index (χ2v) is 2.51. The molecule has 2 aliphatic rings. The zero-order valence-electron chi connectivity index (χ0n) is 8.84. The molecule has 0 fully saturated rings. The first-order chi connectivity index (χ1) is 6.47. The van der Waals surface area contributed by atoms with Crippen molar-refractivity contribution in [1.29, 1.82) is 0 Å². The molecule has 0 unspecified atom stereocenters. The van der Waals surface area contributed by atoms with Crippen molar-refractivity contribution < 1.29 is 9.84 Å². The zero-order chi connectivity index (χ0) is 10.1. The highest BCUT2D eigenvalue weighted by molar-refractivity contribution is 5.31. The third-order valence-corrected chi connectivity index (χ3v) is 1.85. The summed E-state index contributed by atoms with van der Waals surface area (Å²) >= 11 is 0. The summed E-state index contributed by atoms with van der Waals surface area (Å²) in [5, 5.41) is 7.00. The Kier molecular flexibility index (Phi) is 7.41. The molecule has 0 atom stereocenters. The number of rotatable bonds is 0. The van der Waals surface area contributed by atoms with E-state index in [-0.39, 0.29) is 0 Å². The molecule has 2 rings (SSSR count). The van der Waals surface area contributed by atoms with Crippen molar-refractivity contribution in [3.05, 3.63) is 23.5 Å². The molecule has 13 heavy (non-hydrogen) atoms. The fourth-order valence-electron chi connectivity index (χ4n) is 1.36. The Balaban J connectivity index is 0.000000322. The Labute approximate surface area is 80.9 Å². The van der Waals surface area contributed by atoms with Crippen LogP contribution >= 0.6 is 0 Å². The molecule has 0 aromatic heterocycles. The van der Waals surface area contributed by atoms with Crippen LogP contribution in [0, 0.1) is 0 Å². The van der Waals surface area contributed by atoms with Gasteiger partial charge in [-0.15, -0.1) is 0 Å². The van der Waals surface area contributed by atoms with Crippen LogP contribution in [0.1, 0.15) is 33.1 Å².